The van der Waals surface area contributed by atoms with Gasteiger partial charge in [-0.25, -0.2) is 0 Å². The van der Waals surface area contributed by atoms with Crippen LogP contribution in [0.3, 0.4) is 0 Å². The van der Waals surface area contributed by atoms with Gasteiger partial charge in [-0.1, -0.05) is 12.8 Å². The topological polar surface area (TPSA) is 62.0 Å². The van der Waals surface area contributed by atoms with Crippen LogP contribution in [0.5, 0.6) is 0 Å². The summed E-state index contributed by atoms with van der Waals surface area (Å²) in [6, 6.07) is 0.240. The van der Waals surface area contributed by atoms with Gasteiger partial charge >= 0.3 is 0 Å². The third-order valence-corrected chi connectivity index (χ3v) is 2.32. The quantitative estimate of drug-likeness (QED) is 0.428. The Morgan fingerprint density at radius 3 is 2.29 bits per heavy atom. The molecular weight excluding hydrogens is 180 g/mol. The molecule has 0 saturated heterocycles. The lowest BCUT2D eigenvalue weighted by atomic mass is 10.3. The molecule has 0 aliphatic heterocycles. The maximum atomic E-state index is 11.0. The zero-order valence-electron chi connectivity index (χ0n) is 8.66. The van der Waals surface area contributed by atoms with Crippen molar-refractivity contribution in [3.05, 3.63) is 11.5 Å². The third-order valence-electron chi connectivity index (χ3n) is 2.32. The summed E-state index contributed by atoms with van der Waals surface area (Å²) in [6.45, 7) is 2.83. The van der Waals surface area contributed by atoms with Crippen LogP contribution in [0.25, 0.3) is 0 Å². The Labute approximate surface area is 83.7 Å². The number of allylic oxidation sites excluding steroid dienone is 2. The predicted molar refractivity (Wildman–Crippen MR) is 53.1 cm³/mol. The second-order valence-electron chi connectivity index (χ2n) is 3.64. The second-order valence-corrected chi connectivity index (χ2v) is 3.64. The molecule has 1 aliphatic carbocycles. The van der Waals surface area contributed by atoms with Crippen molar-refractivity contribution in [1.82, 2.24) is 0 Å². The van der Waals surface area contributed by atoms with Gasteiger partial charge in [0.05, 0.1) is 6.04 Å². The highest BCUT2D eigenvalue weighted by molar-refractivity contribution is 5.93. The number of nitrogens with zero attached hydrogens (tertiary/aromatic N) is 2. The number of rotatable bonds is 3. The van der Waals surface area contributed by atoms with Crippen molar-refractivity contribution in [2.75, 3.05) is 0 Å². The number of aliphatic hydroxyl groups excluding tert-OH is 1. The molecule has 14 heavy (non-hydrogen) atoms. The Morgan fingerprint density at radius 2 is 1.86 bits per heavy atom. The number of aliphatic hydroxyl groups is 1. The van der Waals surface area contributed by atoms with Gasteiger partial charge in [0.25, 0.3) is 0 Å². The van der Waals surface area contributed by atoms with Gasteiger partial charge in [0.1, 0.15) is 5.76 Å². The first-order valence-corrected chi connectivity index (χ1v) is 4.93. The minimum atomic E-state index is -0.244. The second kappa shape index (κ2) is 4.88. The lowest BCUT2D eigenvalue weighted by Gasteiger charge is -2.00. The van der Waals surface area contributed by atoms with E-state index in [1.165, 1.54) is 26.7 Å². The number of azo groups is 1. The van der Waals surface area contributed by atoms with Gasteiger partial charge in [0.15, 0.2) is 11.5 Å². The highest BCUT2D eigenvalue weighted by atomic mass is 16.3. The van der Waals surface area contributed by atoms with Gasteiger partial charge in [0, 0.05) is 6.92 Å². The maximum Gasteiger partial charge on any atom is 0.183 e. The third kappa shape index (κ3) is 2.94. The molecule has 1 N–H and O–H groups in total. The molecule has 1 aliphatic rings. The highest BCUT2D eigenvalue weighted by Gasteiger charge is 2.14. The fraction of sp³-hybridized carbons (Fsp3) is 0.700. The van der Waals surface area contributed by atoms with Crippen LogP contribution >= 0.6 is 0 Å². The van der Waals surface area contributed by atoms with Crippen LogP contribution in [-0.2, 0) is 4.79 Å². The van der Waals surface area contributed by atoms with Gasteiger partial charge in [-0.3, -0.25) is 4.79 Å². The van der Waals surface area contributed by atoms with E-state index in [2.05, 4.69) is 10.2 Å². The number of carbonyl (C=O) groups is 1. The van der Waals surface area contributed by atoms with Crippen molar-refractivity contribution in [3.63, 3.8) is 0 Å². The van der Waals surface area contributed by atoms with Crippen molar-refractivity contribution in [2.24, 2.45) is 10.2 Å². The van der Waals surface area contributed by atoms with Crippen molar-refractivity contribution in [3.8, 4) is 0 Å². The van der Waals surface area contributed by atoms with Crippen molar-refractivity contribution >= 4 is 5.78 Å². The molecule has 1 saturated carbocycles. The summed E-state index contributed by atoms with van der Waals surface area (Å²) >= 11 is 0. The molecule has 4 nitrogen and oxygen atoms in total. The summed E-state index contributed by atoms with van der Waals surface area (Å²) in [7, 11) is 0. The van der Waals surface area contributed by atoms with Gasteiger partial charge in [0.2, 0.25) is 0 Å². The SMILES string of the molecule is CC(=O)C(N=NC1CCCC1)=C(C)O. The molecule has 1 rings (SSSR count). The van der Waals surface area contributed by atoms with E-state index in [0.717, 1.165) is 12.8 Å². The van der Waals surface area contributed by atoms with E-state index < -0.39 is 0 Å². The summed E-state index contributed by atoms with van der Waals surface area (Å²) in [5.41, 5.74) is 0.0805. The molecule has 0 aromatic carbocycles. The Bertz CT molecular complexity index is 272. The summed E-state index contributed by atoms with van der Waals surface area (Å²) < 4.78 is 0. The van der Waals surface area contributed by atoms with E-state index >= 15 is 0 Å². The van der Waals surface area contributed by atoms with Crippen LogP contribution < -0.4 is 0 Å². The molecule has 0 heterocycles. The molecule has 78 valence electrons. The zero-order chi connectivity index (χ0) is 10.6. The molecular formula is C10H16N2O2. The van der Waals surface area contributed by atoms with Crippen LogP contribution in [0, 0.1) is 0 Å². The Morgan fingerprint density at radius 1 is 1.29 bits per heavy atom. The van der Waals surface area contributed by atoms with Gasteiger partial charge in [-0.15, -0.1) is 5.11 Å². The van der Waals surface area contributed by atoms with Crippen LogP contribution in [-0.4, -0.2) is 16.9 Å². The monoisotopic (exact) mass is 196 g/mol. The maximum absolute atomic E-state index is 11.0. The molecule has 0 aromatic rings. The molecule has 0 bridgehead atoms. The first-order valence-electron chi connectivity index (χ1n) is 4.93. The minimum Gasteiger partial charge on any atom is -0.510 e. The van der Waals surface area contributed by atoms with Crippen LogP contribution in [0.1, 0.15) is 39.5 Å². The number of hydrogen-bond acceptors (Lipinski definition) is 4. The molecule has 0 spiro atoms. The average molecular weight is 196 g/mol. The Kier molecular flexibility index (Phi) is 3.80. The summed E-state index contributed by atoms with van der Waals surface area (Å²) in [5, 5.41) is 17.0. The van der Waals surface area contributed by atoms with Crippen molar-refractivity contribution < 1.29 is 9.90 Å². The molecule has 0 radical (unpaired) electrons. The smallest absolute Gasteiger partial charge is 0.183 e. The van der Waals surface area contributed by atoms with Gasteiger partial charge in [-0.2, -0.15) is 5.11 Å². The Hall–Kier alpha value is -1.19. The normalized spacial score (nSPS) is 20.1. The standard InChI is InChI=1S/C10H16N2O2/c1-7(13)10(8(2)14)12-11-9-5-3-4-6-9/h9,13H,3-6H2,1-2H3. The molecule has 0 amide bonds. The van der Waals surface area contributed by atoms with Crippen LogP contribution in [0.2, 0.25) is 0 Å². The molecule has 0 unspecified atom stereocenters. The van der Waals surface area contributed by atoms with E-state index in [-0.39, 0.29) is 23.3 Å². The fourth-order valence-electron chi connectivity index (χ4n) is 1.56. The van der Waals surface area contributed by atoms with E-state index in [4.69, 9.17) is 5.11 Å². The molecule has 0 atom stereocenters. The summed E-state index contributed by atoms with van der Waals surface area (Å²) in [5.74, 6) is -0.300. The largest absolute Gasteiger partial charge is 0.510 e. The Balaban J connectivity index is 2.64. The number of carbonyl (C=O) groups excluding carboxylic acids is 1. The minimum absolute atomic E-state index is 0.0563. The first kappa shape index (κ1) is 10.9. The van der Waals surface area contributed by atoms with E-state index in [1.807, 2.05) is 0 Å². The fourth-order valence-corrected chi connectivity index (χ4v) is 1.56. The van der Waals surface area contributed by atoms with Crippen LogP contribution in [0.15, 0.2) is 21.7 Å². The van der Waals surface area contributed by atoms with E-state index in [0.29, 0.717) is 0 Å². The van der Waals surface area contributed by atoms with Gasteiger partial charge < -0.3 is 5.11 Å². The molecule has 4 heteroatoms. The number of ketones is 1. The van der Waals surface area contributed by atoms with Crippen molar-refractivity contribution in [2.45, 2.75) is 45.6 Å². The lowest BCUT2D eigenvalue weighted by Crippen LogP contribution is -1.99. The molecule has 1 fully saturated rings. The average Bonchev–Trinajstić information content (AvgIpc) is 2.55. The molecule has 0 aromatic heterocycles. The number of hydrogen-bond donors (Lipinski definition) is 1. The predicted octanol–water partition coefficient (Wildman–Crippen LogP) is 2.76. The van der Waals surface area contributed by atoms with E-state index in [1.54, 1.807) is 0 Å². The zero-order valence-corrected chi connectivity index (χ0v) is 8.66. The summed E-state index contributed by atoms with van der Waals surface area (Å²) in [4.78, 5) is 11.0. The van der Waals surface area contributed by atoms with Gasteiger partial charge in [-0.05, 0) is 19.8 Å². The summed E-state index contributed by atoms with van der Waals surface area (Å²) in [6.07, 6.45) is 4.44. The van der Waals surface area contributed by atoms with Crippen LogP contribution in [0.4, 0.5) is 0 Å². The van der Waals surface area contributed by atoms with E-state index in [9.17, 15) is 4.79 Å². The first-order chi connectivity index (χ1) is 6.61. The lowest BCUT2D eigenvalue weighted by molar-refractivity contribution is -0.113. The highest BCUT2D eigenvalue weighted by Crippen LogP contribution is 2.22. The number of Topliss-reactive ketones (excluding diaryl/α,β-unsaturated/α-hetero) is 1. The van der Waals surface area contributed by atoms with Crippen molar-refractivity contribution in [1.29, 1.82) is 0 Å².